The standard InChI is InChI=1S/C11H20N2OS/c1-4-12-10(9(3)14-5-2)8-11-13-6-7-15-11/h6-7,9-10,12H,4-5,8H2,1-3H3. The van der Waals surface area contributed by atoms with Gasteiger partial charge in [0.2, 0.25) is 0 Å². The lowest BCUT2D eigenvalue weighted by atomic mass is 10.1. The number of hydrogen-bond acceptors (Lipinski definition) is 4. The predicted octanol–water partition coefficient (Wildman–Crippen LogP) is 2.09. The summed E-state index contributed by atoms with van der Waals surface area (Å²) in [5.74, 6) is 0. The molecule has 0 bridgehead atoms. The minimum Gasteiger partial charge on any atom is -0.377 e. The number of aromatic nitrogens is 1. The molecule has 0 radical (unpaired) electrons. The Morgan fingerprint density at radius 3 is 2.87 bits per heavy atom. The van der Waals surface area contributed by atoms with E-state index in [1.807, 2.05) is 18.5 Å². The van der Waals surface area contributed by atoms with Gasteiger partial charge >= 0.3 is 0 Å². The van der Waals surface area contributed by atoms with Gasteiger partial charge in [0, 0.05) is 30.6 Å². The van der Waals surface area contributed by atoms with Crippen LogP contribution in [-0.2, 0) is 11.2 Å². The number of ether oxygens (including phenoxy) is 1. The summed E-state index contributed by atoms with van der Waals surface area (Å²) in [6.45, 7) is 8.00. The Morgan fingerprint density at radius 1 is 1.53 bits per heavy atom. The summed E-state index contributed by atoms with van der Waals surface area (Å²) in [6.07, 6.45) is 3.04. The van der Waals surface area contributed by atoms with E-state index < -0.39 is 0 Å². The van der Waals surface area contributed by atoms with Crippen LogP contribution in [0, 0.1) is 0 Å². The fourth-order valence-corrected chi connectivity index (χ4v) is 2.26. The van der Waals surface area contributed by atoms with Gasteiger partial charge in [-0.1, -0.05) is 6.92 Å². The highest BCUT2D eigenvalue weighted by Crippen LogP contribution is 2.11. The third-order valence-corrected chi connectivity index (χ3v) is 3.14. The van der Waals surface area contributed by atoms with E-state index in [4.69, 9.17) is 4.74 Å². The lowest BCUT2D eigenvalue weighted by Crippen LogP contribution is -2.41. The van der Waals surface area contributed by atoms with Gasteiger partial charge in [-0.05, 0) is 20.4 Å². The Balaban J connectivity index is 2.49. The molecular formula is C11H20N2OS. The summed E-state index contributed by atoms with van der Waals surface area (Å²) in [5.41, 5.74) is 0. The molecule has 0 fully saturated rings. The average molecular weight is 228 g/mol. The maximum Gasteiger partial charge on any atom is 0.0941 e. The molecule has 0 amide bonds. The van der Waals surface area contributed by atoms with Crippen LogP contribution >= 0.6 is 11.3 Å². The highest BCUT2D eigenvalue weighted by atomic mass is 32.1. The van der Waals surface area contributed by atoms with Crippen molar-refractivity contribution >= 4 is 11.3 Å². The second-order valence-electron chi connectivity index (χ2n) is 3.45. The van der Waals surface area contributed by atoms with Gasteiger partial charge in [0.15, 0.2) is 0 Å². The molecule has 0 aliphatic carbocycles. The molecule has 0 aromatic carbocycles. The number of nitrogens with one attached hydrogen (secondary N) is 1. The summed E-state index contributed by atoms with van der Waals surface area (Å²) < 4.78 is 5.62. The van der Waals surface area contributed by atoms with Gasteiger partial charge in [0.25, 0.3) is 0 Å². The van der Waals surface area contributed by atoms with Gasteiger partial charge in [0.05, 0.1) is 11.1 Å². The molecule has 1 N–H and O–H groups in total. The topological polar surface area (TPSA) is 34.2 Å². The van der Waals surface area contributed by atoms with Crippen molar-refractivity contribution in [2.45, 2.75) is 39.3 Å². The van der Waals surface area contributed by atoms with Crippen molar-refractivity contribution in [3.63, 3.8) is 0 Å². The number of hydrogen-bond donors (Lipinski definition) is 1. The van der Waals surface area contributed by atoms with Crippen LogP contribution in [0.3, 0.4) is 0 Å². The van der Waals surface area contributed by atoms with Crippen molar-refractivity contribution in [2.24, 2.45) is 0 Å². The fraction of sp³-hybridized carbons (Fsp3) is 0.727. The Bertz CT molecular complexity index is 251. The molecule has 15 heavy (non-hydrogen) atoms. The Labute approximate surface area is 95.9 Å². The SMILES string of the molecule is CCNC(Cc1nccs1)C(C)OCC. The fourth-order valence-electron chi connectivity index (χ4n) is 1.59. The van der Waals surface area contributed by atoms with E-state index in [9.17, 15) is 0 Å². The van der Waals surface area contributed by atoms with Crippen LogP contribution in [0.1, 0.15) is 25.8 Å². The normalized spacial score (nSPS) is 15.1. The smallest absolute Gasteiger partial charge is 0.0941 e. The second kappa shape index (κ2) is 6.93. The van der Waals surface area contributed by atoms with Crippen LogP contribution in [0.15, 0.2) is 11.6 Å². The summed E-state index contributed by atoms with van der Waals surface area (Å²) in [5, 5.41) is 6.64. The van der Waals surface area contributed by atoms with E-state index in [0.29, 0.717) is 6.04 Å². The molecule has 0 aliphatic rings. The molecule has 86 valence electrons. The van der Waals surface area contributed by atoms with Crippen molar-refractivity contribution in [3.05, 3.63) is 16.6 Å². The molecule has 0 spiro atoms. The molecule has 1 aromatic rings. The first-order valence-electron chi connectivity index (χ1n) is 5.51. The van der Waals surface area contributed by atoms with Crippen molar-refractivity contribution in [1.82, 2.24) is 10.3 Å². The van der Waals surface area contributed by atoms with Crippen LogP contribution in [-0.4, -0.2) is 30.3 Å². The van der Waals surface area contributed by atoms with Crippen LogP contribution in [0.25, 0.3) is 0 Å². The number of likely N-dealkylation sites (N-methyl/N-ethyl adjacent to an activating group) is 1. The Kier molecular flexibility index (Phi) is 5.83. The van der Waals surface area contributed by atoms with Gasteiger partial charge in [-0.2, -0.15) is 0 Å². The molecule has 1 rings (SSSR count). The van der Waals surface area contributed by atoms with E-state index in [1.165, 1.54) is 5.01 Å². The summed E-state index contributed by atoms with van der Waals surface area (Å²) >= 11 is 1.71. The highest BCUT2D eigenvalue weighted by Gasteiger charge is 2.17. The van der Waals surface area contributed by atoms with Crippen LogP contribution in [0.5, 0.6) is 0 Å². The van der Waals surface area contributed by atoms with Crippen LogP contribution in [0.4, 0.5) is 0 Å². The van der Waals surface area contributed by atoms with Gasteiger partial charge in [-0.15, -0.1) is 11.3 Å². The third-order valence-electron chi connectivity index (χ3n) is 2.34. The molecule has 2 unspecified atom stereocenters. The van der Waals surface area contributed by atoms with Crippen LogP contribution in [0.2, 0.25) is 0 Å². The molecule has 0 aliphatic heterocycles. The number of nitrogens with zero attached hydrogens (tertiary/aromatic N) is 1. The van der Waals surface area contributed by atoms with Gasteiger partial charge in [-0.25, -0.2) is 4.98 Å². The van der Waals surface area contributed by atoms with Crippen molar-refractivity contribution in [2.75, 3.05) is 13.2 Å². The summed E-state index contributed by atoms with van der Waals surface area (Å²) in [7, 11) is 0. The average Bonchev–Trinajstić information content (AvgIpc) is 2.70. The predicted molar refractivity (Wildman–Crippen MR) is 64.4 cm³/mol. The van der Waals surface area contributed by atoms with E-state index >= 15 is 0 Å². The van der Waals surface area contributed by atoms with Gasteiger partial charge in [-0.3, -0.25) is 0 Å². The van der Waals surface area contributed by atoms with Gasteiger partial charge < -0.3 is 10.1 Å². The second-order valence-corrected chi connectivity index (χ2v) is 4.43. The van der Waals surface area contributed by atoms with E-state index in [0.717, 1.165) is 19.6 Å². The molecule has 0 saturated heterocycles. The van der Waals surface area contributed by atoms with Gasteiger partial charge in [0.1, 0.15) is 0 Å². The largest absolute Gasteiger partial charge is 0.377 e. The van der Waals surface area contributed by atoms with Crippen LogP contribution < -0.4 is 5.32 Å². The van der Waals surface area contributed by atoms with Crippen molar-refractivity contribution < 1.29 is 4.74 Å². The summed E-state index contributed by atoms with van der Waals surface area (Å²) in [4.78, 5) is 4.30. The quantitative estimate of drug-likeness (QED) is 0.776. The maximum absolute atomic E-state index is 5.62. The first-order valence-corrected chi connectivity index (χ1v) is 6.39. The molecule has 1 aromatic heterocycles. The molecule has 0 saturated carbocycles. The number of rotatable bonds is 7. The molecule has 2 atom stereocenters. The molecule has 1 heterocycles. The van der Waals surface area contributed by atoms with Crippen molar-refractivity contribution in [3.8, 4) is 0 Å². The molecular weight excluding hydrogens is 208 g/mol. The maximum atomic E-state index is 5.62. The molecule has 4 heteroatoms. The lowest BCUT2D eigenvalue weighted by Gasteiger charge is -2.23. The van der Waals surface area contributed by atoms with E-state index in [-0.39, 0.29) is 6.10 Å². The highest BCUT2D eigenvalue weighted by molar-refractivity contribution is 7.09. The number of thiazole rings is 1. The minimum absolute atomic E-state index is 0.235. The molecule has 3 nitrogen and oxygen atoms in total. The zero-order valence-corrected chi connectivity index (χ0v) is 10.5. The first kappa shape index (κ1) is 12.6. The summed E-state index contributed by atoms with van der Waals surface area (Å²) in [6, 6.07) is 0.362. The van der Waals surface area contributed by atoms with Crippen molar-refractivity contribution in [1.29, 1.82) is 0 Å². The lowest BCUT2D eigenvalue weighted by molar-refractivity contribution is 0.0480. The first-order chi connectivity index (χ1) is 7.27. The zero-order chi connectivity index (χ0) is 11.1. The monoisotopic (exact) mass is 228 g/mol. The van der Waals surface area contributed by atoms with E-state index in [1.54, 1.807) is 11.3 Å². The minimum atomic E-state index is 0.235. The Morgan fingerprint density at radius 2 is 2.33 bits per heavy atom. The third kappa shape index (κ3) is 4.28. The van der Waals surface area contributed by atoms with E-state index in [2.05, 4.69) is 24.1 Å². The Hall–Kier alpha value is -0.450. The zero-order valence-electron chi connectivity index (χ0n) is 9.69.